The molecule has 192 valence electrons. The summed E-state index contributed by atoms with van der Waals surface area (Å²) in [7, 11) is 0. The van der Waals surface area contributed by atoms with Crippen LogP contribution in [0, 0.1) is 20.8 Å². The number of esters is 1. The molecule has 5 rings (SSSR count). The van der Waals surface area contributed by atoms with E-state index in [2.05, 4.69) is 69.7 Å². The number of aliphatic imine (C=N–C) groups is 1. The maximum atomic E-state index is 12.8. The lowest BCUT2D eigenvalue weighted by atomic mass is 10.1. The summed E-state index contributed by atoms with van der Waals surface area (Å²) >= 11 is 4.94. The van der Waals surface area contributed by atoms with E-state index in [-0.39, 0.29) is 17.9 Å². The van der Waals surface area contributed by atoms with Gasteiger partial charge in [0.2, 0.25) is 0 Å². The number of aliphatic hydroxyl groups is 1. The van der Waals surface area contributed by atoms with Crippen molar-refractivity contribution >= 4 is 61.2 Å². The number of benzene rings is 3. The van der Waals surface area contributed by atoms with Crippen molar-refractivity contribution < 1.29 is 14.6 Å². The van der Waals surface area contributed by atoms with Gasteiger partial charge in [-0.2, -0.15) is 0 Å². The fraction of sp³-hybridized carbons (Fsp3) is 0.161. The summed E-state index contributed by atoms with van der Waals surface area (Å²) in [4.78, 5) is 18.0. The van der Waals surface area contributed by atoms with Gasteiger partial charge < -0.3 is 14.4 Å². The number of fused-ring (bicyclic) bond motifs is 1. The largest absolute Gasteiger partial charge is 0.506 e. The molecule has 38 heavy (non-hydrogen) atoms. The number of halogens is 1. The zero-order chi connectivity index (χ0) is 27.0. The summed E-state index contributed by atoms with van der Waals surface area (Å²) in [5, 5.41) is 13.8. The van der Waals surface area contributed by atoms with Crippen LogP contribution in [-0.2, 0) is 9.53 Å². The van der Waals surface area contributed by atoms with Crippen LogP contribution in [-0.4, -0.2) is 27.3 Å². The highest BCUT2D eigenvalue weighted by atomic mass is 79.9. The van der Waals surface area contributed by atoms with Gasteiger partial charge in [0.25, 0.3) is 0 Å². The second-order valence-corrected chi connectivity index (χ2v) is 11.0. The summed E-state index contributed by atoms with van der Waals surface area (Å²) < 4.78 is 8.52. The van der Waals surface area contributed by atoms with Crippen LogP contribution < -0.4 is 0 Å². The Morgan fingerprint density at radius 1 is 1.05 bits per heavy atom. The van der Waals surface area contributed by atoms with Crippen LogP contribution >= 0.6 is 27.7 Å². The average Bonchev–Trinajstić information content (AvgIpc) is 3.35. The van der Waals surface area contributed by atoms with Crippen molar-refractivity contribution in [2.75, 3.05) is 6.61 Å². The molecule has 1 aliphatic heterocycles. The second kappa shape index (κ2) is 10.7. The molecule has 0 spiro atoms. The number of thioether (sulfide) groups is 1. The predicted molar refractivity (Wildman–Crippen MR) is 161 cm³/mol. The first kappa shape index (κ1) is 26.1. The standard InChI is InChI=1S/C31H27BrN2O3S/c1-5-37-31(36)28-29(35)27(38-30(28)33-22-12-10-18(2)11-13-22)17-21-16-19(3)34(20(21)4)26-15-14-25(32)23-8-6-7-9-24(23)26/h6-17,35H,5H2,1-4H3/b27-17-,33-30?. The van der Waals surface area contributed by atoms with Gasteiger partial charge in [-0.05, 0) is 75.1 Å². The SMILES string of the molecule is CCOC(=O)C1=C(O)/C(=C/c2cc(C)n(-c3ccc(Br)c4ccccc34)c2C)SC1=Nc1ccc(C)cc1. The zero-order valence-electron chi connectivity index (χ0n) is 21.6. The van der Waals surface area contributed by atoms with Gasteiger partial charge in [-0.15, -0.1) is 0 Å². The number of nitrogens with zero attached hydrogens (tertiary/aromatic N) is 2. The number of carbonyl (C=O) groups excluding carboxylic acids is 1. The van der Waals surface area contributed by atoms with Gasteiger partial charge in [0.15, 0.2) is 0 Å². The average molecular weight is 588 g/mol. The number of hydrogen-bond acceptors (Lipinski definition) is 5. The Hall–Kier alpha value is -3.55. The molecule has 4 aromatic rings. The maximum absolute atomic E-state index is 12.8. The Bertz CT molecular complexity index is 1660. The van der Waals surface area contributed by atoms with E-state index in [0.717, 1.165) is 43.4 Å². The number of hydrogen-bond donors (Lipinski definition) is 1. The summed E-state index contributed by atoms with van der Waals surface area (Å²) in [5.41, 5.74) is 6.03. The molecule has 0 atom stereocenters. The normalized spacial score (nSPS) is 15.7. The van der Waals surface area contributed by atoms with Crippen LogP contribution in [0.15, 0.2) is 92.4 Å². The minimum Gasteiger partial charge on any atom is -0.506 e. The van der Waals surface area contributed by atoms with Crippen molar-refractivity contribution in [3.05, 3.63) is 110 Å². The first-order valence-electron chi connectivity index (χ1n) is 12.3. The molecule has 0 unspecified atom stereocenters. The van der Waals surface area contributed by atoms with Gasteiger partial charge in [-0.25, -0.2) is 9.79 Å². The molecule has 0 amide bonds. The first-order chi connectivity index (χ1) is 18.3. The molecule has 2 heterocycles. The van der Waals surface area contributed by atoms with Crippen LogP contribution in [0.4, 0.5) is 5.69 Å². The molecule has 0 bridgehead atoms. The van der Waals surface area contributed by atoms with Crippen LogP contribution in [0.2, 0.25) is 0 Å². The lowest BCUT2D eigenvalue weighted by Gasteiger charge is -2.14. The van der Waals surface area contributed by atoms with Crippen molar-refractivity contribution in [1.82, 2.24) is 4.57 Å². The first-order valence-corrected chi connectivity index (χ1v) is 13.9. The Kier molecular flexibility index (Phi) is 7.32. The molecule has 3 aromatic carbocycles. The number of aromatic nitrogens is 1. The monoisotopic (exact) mass is 586 g/mol. The van der Waals surface area contributed by atoms with E-state index in [1.807, 2.05) is 49.4 Å². The fourth-order valence-electron chi connectivity index (χ4n) is 4.62. The molecule has 0 saturated heterocycles. The number of aliphatic hydroxyl groups excluding tert-OH is 1. The Morgan fingerprint density at radius 2 is 1.76 bits per heavy atom. The van der Waals surface area contributed by atoms with Crippen LogP contribution in [0.3, 0.4) is 0 Å². The van der Waals surface area contributed by atoms with E-state index in [4.69, 9.17) is 4.74 Å². The minimum atomic E-state index is -0.585. The van der Waals surface area contributed by atoms with Crippen LogP contribution in [0.25, 0.3) is 22.5 Å². The van der Waals surface area contributed by atoms with Crippen molar-refractivity contribution in [1.29, 1.82) is 0 Å². The number of ether oxygens (including phenoxy) is 1. The van der Waals surface area contributed by atoms with E-state index in [9.17, 15) is 9.90 Å². The molecular weight excluding hydrogens is 560 g/mol. The van der Waals surface area contributed by atoms with Gasteiger partial charge >= 0.3 is 5.97 Å². The highest BCUT2D eigenvalue weighted by Gasteiger charge is 2.33. The lowest BCUT2D eigenvalue weighted by molar-refractivity contribution is -0.138. The van der Waals surface area contributed by atoms with Gasteiger partial charge in [0, 0.05) is 21.2 Å². The van der Waals surface area contributed by atoms with Crippen molar-refractivity contribution in [3.63, 3.8) is 0 Å². The lowest BCUT2D eigenvalue weighted by Crippen LogP contribution is -2.12. The van der Waals surface area contributed by atoms with Gasteiger partial charge in [0.05, 0.1) is 22.9 Å². The molecule has 0 saturated carbocycles. The molecule has 1 aromatic heterocycles. The topological polar surface area (TPSA) is 63.8 Å². The Balaban J connectivity index is 1.60. The Morgan fingerprint density at radius 3 is 2.47 bits per heavy atom. The quantitative estimate of drug-likeness (QED) is 0.238. The smallest absolute Gasteiger partial charge is 0.344 e. The van der Waals surface area contributed by atoms with E-state index in [1.54, 1.807) is 6.92 Å². The maximum Gasteiger partial charge on any atom is 0.344 e. The third-order valence-corrected chi connectivity index (χ3v) is 8.19. The molecule has 0 fully saturated rings. The van der Waals surface area contributed by atoms with Gasteiger partial charge in [-0.3, -0.25) is 0 Å². The Labute approximate surface area is 234 Å². The summed E-state index contributed by atoms with van der Waals surface area (Å²) in [6, 6.07) is 22.3. The molecule has 1 aliphatic rings. The highest BCUT2D eigenvalue weighted by molar-refractivity contribution is 9.10. The van der Waals surface area contributed by atoms with Crippen molar-refractivity contribution in [3.8, 4) is 5.69 Å². The van der Waals surface area contributed by atoms with E-state index < -0.39 is 5.97 Å². The van der Waals surface area contributed by atoms with Crippen molar-refractivity contribution in [2.45, 2.75) is 27.7 Å². The summed E-state index contributed by atoms with van der Waals surface area (Å²) in [5.74, 6) is -0.697. The highest BCUT2D eigenvalue weighted by Crippen LogP contribution is 2.41. The van der Waals surface area contributed by atoms with Gasteiger partial charge in [-0.1, -0.05) is 69.7 Å². The zero-order valence-corrected chi connectivity index (χ0v) is 24.0. The number of rotatable bonds is 5. The molecule has 5 nitrogen and oxygen atoms in total. The number of carbonyl (C=O) groups is 1. The predicted octanol–water partition coefficient (Wildman–Crippen LogP) is 8.51. The van der Waals surface area contributed by atoms with Crippen LogP contribution in [0.5, 0.6) is 0 Å². The molecule has 0 aliphatic carbocycles. The number of aryl methyl sites for hydroxylation is 2. The van der Waals surface area contributed by atoms with E-state index >= 15 is 0 Å². The summed E-state index contributed by atoms with van der Waals surface area (Å²) in [6.07, 6.45) is 1.91. The third kappa shape index (κ3) is 4.84. The minimum absolute atomic E-state index is 0.0939. The molecule has 0 radical (unpaired) electrons. The molecule has 7 heteroatoms. The van der Waals surface area contributed by atoms with Gasteiger partial charge in [0.1, 0.15) is 16.4 Å². The molecular formula is C31H27BrN2O3S. The molecule has 1 N–H and O–H groups in total. The fourth-order valence-corrected chi connectivity index (χ4v) is 6.12. The van der Waals surface area contributed by atoms with Crippen LogP contribution in [0.1, 0.15) is 29.4 Å². The third-order valence-electron chi connectivity index (χ3n) is 6.48. The van der Waals surface area contributed by atoms with E-state index in [0.29, 0.717) is 15.6 Å². The summed E-state index contributed by atoms with van der Waals surface area (Å²) in [6.45, 7) is 8.08. The van der Waals surface area contributed by atoms with E-state index in [1.165, 1.54) is 11.8 Å². The second-order valence-electron chi connectivity index (χ2n) is 9.08. The van der Waals surface area contributed by atoms with Crippen molar-refractivity contribution in [2.24, 2.45) is 4.99 Å².